The van der Waals surface area contributed by atoms with E-state index in [0.717, 1.165) is 11.3 Å². The number of nitrogens with zero attached hydrogens (tertiary/aromatic N) is 3. The van der Waals surface area contributed by atoms with Crippen molar-refractivity contribution in [1.29, 1.82) is 0 Å². The van der Waals surface area contributed by atoms with Crippen LogP contribution in [0.4, 0.5) is 5.69 Å². The van der Waals surface area contributed by atoms with E-state index in [-0.39, 0.29) is 11.8 Å². The van der Waals surface area contributed by atoms with Crippen LogP contribution in [-0.4, -0.2) is 35.7 Å². The number of hydrogen-bond acceptors (Lipinski definition) is 3. The van der Waals surface area contributed by atoms with Crippen LogP contribution in [0.2, 0.25) is 0 Å². The molecule has 0 fully saturated rings. The normalized spacial score (nSPS) is 10.4. The van der Waals surface area contributed by atoms with Gasteiger partial charge in [0.1, 0.15) is 0 Å². The minimum absolute atomic E-state index is 0.244. The van der Waals surface area contributed by atoms with Gasteiger partial charge in [-0.25, -0.2) is 4.68 Å². The highest BCUT2D eigenvalue weighted by Crippen LogP contribution is 2.22. The Morgan fingerprint density at radius 2 is 1.69 bits per heavy atom. The van der Waals surface area contributed by atoms with E-state index in [9.17, 15) is 9.59 Å². The molecule has 26 heavy (non-hydrogen) atoms. The average Bonchev–Trinajstić information content (AvgIpc) is 3.08. The summed E-state index contributed by atoms with van der Waals surface area (Å²) >= 11 is 0. The molecule has 0 atom stereocenters. The average molecular weight is 348 g/mol. The van der Waals surface area contributed by atoms with E-state index in [0.29, 0.717) is 16.9 Å². The molecule has 0 aliphatic carbocycles. The van der Waals surface area contributed by atoms with Crippen LogP contribution in [0.15, 0.2) is 60.8 Å². The summed E-state index contributed by atoms with van der Waals surface area (Å²) < 4.78 is 1.68. The van der Waals surface area contributed by atoms with Gasteiger partial charge in [0.15, 0.2) is 5.69 Å². The fourth-order valence-corrected chi connectivity index (χ4v) is 2.75. The molecule has 132 valence electrons. The molecule has 0 saturated heterocycles. The molecule has 0 radical (unpaired) electrons. The van der Waals surface area contributed by atoms with Gasteiger partial charge in [0.2, 0.25) is 0 Å². The summed E-state index contributed by atoms with van der Waals surface area (Å²) in [7, 11) is 3.21. The van der Waals surface area contributed by atoms with Gasteiger partial charge in [0.05, 0.1) is 16.9 Å². The van der Waals surface area contributed by atoms with Crippen LogP contribution in [-0.2, 0) is 0 Å². The van der Waals surface area contributed by atoms with E-state index in [1.54, 1.807) is 43.0 Å². The molecule has 0 saturated carbocycles. The van der Waals surface area contributed by atoms with Crippen molar-refractivity contribution in [3.05, 3.63) is 77.6 Å². The summed E-state index contributed by atoms with van der Waals surface area (Å²) in [6, 6.07) is 16.6. The number of amides is 2. The number of carbonyl (C=O) groups is 2. The van der Waals surface area contributed by atoms with E-state index < -0.39 is 0 Å². The summed E-state index contributed by atoms with van der Waals surface area (Å²) in [4.78, 5) is 26.5. The number of nitrogens with one attached hydrogen (secondary N) is 1. The lowest BCUT2D eigenvalue weighted by Gasteiger charge is -2.19. The van der Waals surface area contributed by atoms with Crippen LogP contribution in [0.5, 0.6) is 0 Å². The molecular formula is C20H20N4O2. The molecule has 0 aliphatic heterocycles. The van der Waals surface area contributed by atoms with Gasteiger partial charge >= 0.3 is 0 Å². The van der Waals surface area contributed by atoms with Crippen LogP contribution in [0.1, 0.15) is 26.4 Å². The van der Waals surface area contributed by atoms with E-state index in [2.05, 4.69) is 10.4 Å². The zero-order chi connectivity index (χ0) is 18.7. The first kappa shape index (κ1) is 17.4. The Kier molecular flexibility index (Phi) is 4.84. The van der Waals surface area contributed by atoms with Gasteiger partial charge in [0, 0.05) is 25.9 Å². The summed E-state index contributed by atoms with van der Waals surface area (Å²) in [5, 5.41) is 7.04. The fraction of sp³-hybridized carbons (Fsp3) is 0.150. The van der Waals surface area contributed by atoms with Crippen molar-refractivity contribution in [2.24, 2.45) is 0 Å². The Morgan fingerprint density at radius 3 is 2.38 bits per heavy atom. The molecule has 0 spiro atoms. The third-order valence-electron chi connectivity index (χ3n) is 4.16. The minimum atomic E-state index is -0.270. The molecule has 3 rings (SSSR count). The van der Waals surface area contributed by atoms with Gasteiger partial charge in [0.25, 0.3) is 11.8 Å². The molecule has 1 N–H and O–H groups in total. The largest absolute Gasteiger partial charge is 0.355 e. The monoisotopic (exact) mass is 348 g/mol. The zero-order valence-electron chi connectivity index (χ0n) is 14.9. The van der Waals surface area contributed by atoms with Crippen LogP contribution in [0.25, 0.3) is 5.69 Å². The highest BCUT2D eigenvalue weighted by molar-refractivity contribution is 6.09. The standard InChI is InChI=1S/C20H20N4O2/c1-14-13-24(15-9-5-4-6-10-15)22-18(14)20(26)23(3)17-12-8-7-11-16(17)19(25)21-2/h4-13H,1-3H3,(H,21,25). The maximum absolute atomic E-state index is 13.0. The first-order valence-electron chi connectivity index (χ1n) is 8.23. The molecule has 3 aromatic rings. The lowest BCUT2D eigenvalue weighted by molar-refractivity contribution is 0.0963. The van der Waals surface area contributed by atoms with Gasteiger partial charge in [-0.2, -0.15) is 5.10 Å². The Bertz CT molecular complexity index is 947. The van der Waals surface area contributed by atoms with Crippen molar-refractivity contribution in [1.82, 2.24) is 15.1 Å². The number of hydrogen-bond donors (Lipinski definition) is 1. The van der Waals surface area contributed by atoms with Crippen molar-refractivity contribution in [2.45, 2.75) is 6.92 Å². The second-order valence-corrected chi connectivity index (χ2v) is 5.90. The van der Waals surface area contributed by atoms with Crippen molar-refractivity contribution in [3.63, 3.8) is 0 Å². The van der Waals surface area contributed by atoms with Gasteiger partial charge < -0.3 is 10.2 Å². The second kappa shape index (κ2) is 7.23. The maximum Gasteiger partial charge on any atom is 0.278 e. The number of para-hydroxylation sites is 2. The molecule has 6 nitrogen and oxygen atoms in total. The zero-order valence-corrected chi connectivity index (χ0v) is 14.9. The van der Waals surface area contributed by atoms with Crippen molar-refractivity contribution in [3.8, 4) is 5.69 Å². The Balaban J connectivity index is 1.96. The van der Waals surface area contributed by atoms with Gasteiger partial charge in [-0.05, 0) is 31.2 Å². The smallest absolute Gasteiger partial charge is 0.278 e. The van der Waals surface area contributed by atoms with Crippen molar-refractivity contribution >= 4 is 17.5 Å². The number of benzene rings is 2. The highest BCUT2D eigenvalue weighted by Gasteiger charge is 2.23. The van der Waals surface area contributed by atoms with E-state index in [4.69, 9.17) is 0 Å². The molecule has 0 unspecified atom stereocenters. The number of aryl methyl sites for hydroxylation is 1. The van der Waals surface area contributed by atoms with Crippen LogP contribution < -0.4 is 10.2 Å². The SMILES string of the molecule is CNC(=O)c1ccccc1N(C)C(=O)c1nn(-c2ccccc2)cc1C. The Hall–Kier alpha value is -3.41. The van der Waals surface area contributed by atoms with Crippen LogP contribution >= 0.6 is 0 Å². The molecule has 1 aromatic heterocycles. The van der Waals surface area contributed by atoms with E-state index >= 15 is 0 Å². The molecular weight excluding hydrogens is 328 g/mol. The highest BCUT2D eigenvalue weighted by atomic mass is 16.2. The molecule has 2 aromatic carbocycles. The Morgan fingerprint density at radius 1 is 1.04 bits per heavy atom. The van der Waals surface area contributed by atoms with Gasteiger partial charge in [-0.15, -0.1) is 0 Å². The topological polar surface area (TPSA) is 67.2 Å². The molecule has 0 bridgehead atoms. The predicted molar refractivity (Wildman–Crippen MR) is 101 cm³/mol. The second-order valence-electron chi connectivity index (χ2n) is 5.90. The molecule has 1 heterocycles. The van der Waals surface area contributed by atoms with E-state index in [1.165, 1.54) is 4.90 Å². The summed E-state index contributed by atoms with van der Waals surface area (Å²) in [5.74, 6) is -0.514. The Labute approximate surface area is 152 Å². The molecule has 2 amide bonds. The molecule has 0 aliphatic rings. The lowest BCUT2D eigenvalue weighted by atomic mass is 10.1. The fourth-order valence-electron chi connectivity index (χ4n) is 2.75. The third kappa shape index (κ3) is 3.21. The molecule has 6 heteroatoms. The van der Waals surface area contributed by atoms with Gasteiger partial charge in [-0.1, -0.05) is 30.3 Å². The lowest BCUT2D eigenvalue weighted by Crippen LogP contribution is -2.30. The number of anilines is 1. The predicted octanol–water partition coefficient (Wildman–Crippen LogP) is 2.82. The summed E-state index contributed by atoms with van der Waals surface area (Å²) in [6.45, 7) is 1.85. The quantitative estimate of drug-likeness (QED) is 0.788. The van der Waals surface area contributed by atoms with Crippen LogP contribution in [0, 0.1) is 6.92 Å². The van der Waals surface area contributed by atoms with E-state index in [1.807, 2.05) is 43.5 Å². The first-order valence-corrected chi connectivity index (χ1v) is 8.23. The third-order valence-corrected chi connectivity index (χ3v) is 4.16. The number of aromatic nitrogens is 2. The number of rotatable bonds is 4. The van der Waals surface area contributed by atoms with Crippen LogP contribution in [0.3, 0.4) is 0 Å². The minimum Gasteiger partial charge on any atom is -0.355 e. The van der Waals surface area contributed by atoms with Crippen molar-refractivity contribution in [2.75, 3.05) is 19.0 Å². The van der Waals surface area contributed by atoms with Crippen molar-refractivity contribution < 1.29 is 9.59 Å². The van der Waals surface area contributed by atoms with Gasteiger partial charge in [-0.3, -0.25) is 9.59 Å². The summed E-state index contributed by atoms with van der Waals surface area (Å²) in [6.07, 6.45) is 1.82. The number of carbonyl (C=O) groups excluding carboxylic acids is 2. The maximum atomic E-state index is 13.0. The first-order chi connectivity index (χ1) is 12.5. The summed E-state index contributed by atoms with van der Waals surface area (Å²) in [5.41, 5.74) is 2.96.